The van der Waals surface area contributed by atoms with Gasteiger partial charge >= 0.3 is 0 Å². The number of hydrogen-bond donors (Lipinski definition) is 1. The number of aliphatic hydroxyl groups excluding tert-OH is 1. The summed E-state index contributed by atoms with van der Waals surface area (Å²) in [4.78, 5) is 21.9. The van der Waals surface area contributed by atoms with E-state index in [9.17, 15) is 9.90 Å². The Balaban J connectivity index is 1.58. The average Bonchev–Trinajstić information content (AvgIpc) is 2.84. The van der Waals surface area contributed by atoms with Crippen LogP contribution in [0.25, 0.3) is 11.4 Å². The molecule has 154 valence electrons. The highest BCUT2D eigenvalue weighted by Crippen LogP contribution is 2.26. The Morgan fingerprint density at radius 1 is 0.806 bits per heavy atom. The molecule has 0 aliphatic rings. The molecule has 4 aromatic rings. The van der Waals surface area contributed by atoms with E-state index in [2.05, 4.69) is 9.97 Å². The summed E-state index contributed by atoms with van der Waals surface area (Å²) < 4.78 is 6.05. The predicted molar refractivity (Wildman–Crippen MR) is 119 cm³/mol. The van der Waals surface area contributed by atoms with E-state index >= 15 is 0 Å². The molecule has 0 aliphatic carbocycles. The number of Topliss-reactive ketones (excluding diaryl/α,β-unsaturated/α-hetero) is 1. The van der Waals surface area contributed by atoms with Gasteiger partial charge in [0.25, 0.3) is 0 Å². The molecule has 1 N–H and O–H groups in total. The smallest absolute Gasteiger partial charge is 0.207 e. The minimum atomic E-state index is -0.802. The van der Waals surface area contributed by atoms with Crippen LogP contribution < -0.4 is 4.74 Å². The van der Waals surface area contributed by atoms with Crippen molar-refractivity contribution >= 4 is 5.78 Å². The van der Waals surface area contributed by atoms with Gasteiger partial charge in [-0.2, -0.15) is 0 Å². The molecule has 2 unspecified atom stereocenters. The molecule has 0 aliphatic heterocycles. The van der Waals surface area contributed by atoms with Crippen LogP contribution >= 0.6 is 0 Å². The maximum atomic E-state index is 13.1. The molecule has 4 rings (SSSR count). The summed E-state index contributed by atoms with van der Waals surface area (Å²) in [5, 5.41) is 9.65. The van der Waals surface area contributed by atoms with E-state index in [1.807, 2.05) is 72.8 Å². The second kappa shape index (κ2) is 9.32. The Labute approximate surface area is 181 Å². The first-order chi connectivity index (χ1) is 15.1. The van der Waals surface area contributed by atoms with Crippen molar-refractivity contribution in [2.24, 2.45) is 0 Å². The topological polar surface area (TPSA) is 72.3 Å². The fourth-order valence-corrected chi connectivity index (χ4v) is 3.23. The minimum absolute atomic E-state index is 0.135. The van der Waals surface area contributed by atoms with Crippen LogP contribution in [0, 0.1) is 0 Å². The van der Waals surface area contributed by atoms with Crippen molar-refractivity contribution in [1.82, 2.24) is 9.97 Å². The van der Waals surface area contributed by atoms with Crippen LogP contribution in [0.15, 0.2) is 97.3 Å². The Kier molecular flexibility index (Phi) is 6.15. The van der Waals surface area contributed by atoms with Crippen molar-refractivity contribution in [3.63, 3.8) is 0 Å². The van der Waals surface area contributed by atoms with Gasteiger partial charge in [-0.05, 0) is 12.5 Å². The van der Waals surface area contributed by atoms with Crippen LogP contribution in [0.1, 0.15) is 40.6 Å². The van der Waals surface area contributed by atoms with Gasteiger partial charge in [-0.25, -0.2) is 9.97 Å². The van der Waals surface area contributed by atoms with Gasteiger partial charge in [-0.3, -0.25) is 4.79 Å². The Morgan fingerprint density at radius 2 is 1.39 bits per heavy atom. The number of ketones is 1. The van der Waals surface area contributed by atoms with Crippen LogP contribution in [0.2, 0.25) is 0 Å². The van der Waals surface area contributed by atoms with Gasteiger partial charge in [0.05, 0.1) is 18.5 Å². The van der Waals surface area contributed by atoms with Crippen molar-refractivity contribution in [1.29, 1.82) is 0 Å². The number of aromatic nitrogens is 2. The zero-order valence-corrected chi connectivity index (χ0v) is 17.1. The van der Waals surface area contributed by atoms with Crippen LogP contribution in [0.5, 0.6) is 5.75 Å². The normalized spacial score (nSPS) is 12.7. The molecule has 1 heterocycles. The minimum Gasteiger partial charge on any atom is -0.474 e. The van der Waals surface area contributed by atoms with Crippen molar-refractivity contribution in [3.05, 3.63) is 114 Å². The van der Waals surface area contributed by atoms with Crippen LogP contribution in [-0.4, -0.2) is 20.9 Å². The molecular weight excluding hydrogens is 388 g/mol. The molecule has 0 saturated carbocycles. The molecule has 0 bridgehead atoms. The third-order valence-electron chi connectivity index (χ3n) is 4.93. The number of rotatable bonds is 7. The SMILES string of the molecule is CC(O)c1ccc(-c2ncc(OC(C(=O)c3ccccc3)c3ccccc3)cn2)cc1. The fraction of sp³-hybridized carbons (Fsp3) is 0.115. The first kappa shape index (κ1) is 20.4. The largest absolute Gasteiger partial charge is 0.474 e. The molecule has 31 heavy (non-hydrogen) atoms. The quantitative estimate of drug-likeness (QED) is 0.424. The zero-order chi connectivity index (χ0) is 21.6. The Morgan fingerprint density at radius 3 is 1.97 bits per heavy atom. The highest BCUT2D eigenvalue weighted by molar-refractivity contribution is 6.00. The fourth-order valence-electron chi connectivity index (χ4n) is 3.23. The van der Waals surface area contributed by atoms with E-state index in [1.165, 1.54) is 0 Å². The predicted octanol–water partition coefficient (Wildman–Crippen LogP) is 5.20. The summed E-state index contributed by atoms with van der Waals surface area (Å²) in [6.07, 6.45) is 1.81. The number of ether oxygens (including phenoxy) is 1. The van der Waals surface area contributed by atoms with Crippen molar-refractivity contribution < 1.29 is 14.6 Å². The maximum Gasteiger partial charge on any atom is 0.207 e. The summed E-state index contributed by atoms with van der Waals surface area (Å²) in [6, 6.07) is 25.9. The molecular formula is C26H22N2O3. The Bertz CT molecular complexity index is 1130. The summed E-state index contributed by atoms with van der Waals surface area (Å²) in [5.74, 6) is 0.808. The first-order valence-electron chi connectivity index (χ1n) is 10.0. The number of hydrogen-bond acceptors (Lipinski definition) is 5. The molecule has 0 saturated heterocycles. The number of benzene rings is 3. The zero-order valence-electron chi connectivity index (χ0n) is 17.1. The molecule has 2 atom stereocenters. The highest BCUT2D eigenvalue weighted by atomic mass is 16.5. The summed E-state index contributed by atoms with van der Waals surface area (Å²) in [5.41, 5.74) is 2.99. The van der Waals surface area contributed by atoms with Gasteiger partial charge in [-0.1, -0.05) is 84.9 Å². The van der Waals surface area contributed by atoms with Crippen LogP contribution in [0.3, 0.4) is 0 Å². The van der Waals surface area contributed by atoms with Crippen molar-refractivity contribution in [2.75, 3.05) is 0 Å². The monoisotopic (exact) mass is 410 g/mol. The van der Waals surface area contributed by atoms with Crippen molar-refractivity contribution in [3.8, 4) is 17.1 Å². The number of carbonyl (C=O) groups excluding carboxylic acids is 1. The van der Waals surface area contributed by atoms with Crippen LogP contribution in [-0.2, 0) is 0 Å². The standard InChI is InChI=1S/C26H22N2O3/c1-18(29)19-12-14-22(15-13-19)26-27-16-23(17-28-26)31-25(21-10-6-3-7-11-21)24(30)20-8-4-2-5-9-20/h2-18,25,29H,1H3. The Hall–Kier alpha value is -3.83. The first-order valence-corrected chi connectivity index (χ1v) is 10.0. The highest BCUT2D eigenvalue weighted by Gasteiger charge is 2.24. The molecule has 0 amide bonds. The molecule has 1 aromatic heterocycles. The average molecular weight is 410 g/mol. The maximum absolute atomic E-state index is 13.1. The third kappa shape index (κ3) is 4.85. The molecule has 3 aromatic carbocycles. The molecule has 0 radical (unpaired) electrons. The summed E-state index contributed by atoms with van der Waals surface area (Å²) in [7, 11) is 0. The second-order valence-corrected chi connectivity index (χ2v) is 7.18. The van der Waals surface area contributed by atoms with E-state index in [0.717, 1.165) is 16.7 Å². The lowest BCUT2D eigenvalue weighted by molar-refractivity contribution is 0.0791. The number of carbonyl (C=O) groups is 1. The van der Waals surface area contributed by atoms with E-state index in [1.54, 1.807) is 31.5 Å². The summed E-state index contributed by atoms with van der Waals surface area (Å²) in [6.45, 7) is 1.72. The van der Waals surface area contributed by atoms with Gasteiger partial charge in [0.1, 0.15) is 0 Å². The lowest BCUT2D eigenvalue weighted by atomic mass is 10.00. The summed E-state index contributed by atoms with van der Waals surface area (Å²) >= 11 is 0. The number of nitrogens with zero attached hydrogens (tertiary/aromatic N) is 2. The van der Waals surface area contributed by atoms with E-state index < -0.39 is 12.2 Å². The van der Waals surface area contributed by atoms with Gasteiger partial charge < -0.3 is 9.84 Å². The lowest BCUT2D eigenvalue weighted by Crippen LogP contribution is -2.19. The molecule has 0 spiro atoms. The van der Waals surface area contributed by atoms with Crippen molar-refractivity contribution in [2.45, 2.75) is 19.1 Å². The second-order valence-electron chi connectivity index (χ2n) is 7.18. The molecule has 5 nitrogen and oxygen atoms in total. The third-order valence-corrected chi connectivity index (χ3v) is 4.93. The molecule has 0 fully saturated rings. The van der Waals surface area contributed by atoms with Gasteiger partial charge in [0.15, 0.2) is 17.7 Å². The van der Waals surface area contributed by atoms with Gasteiger partial charge in [0, 0.05) is 16.7 Å². The lowest BCUT2D eigenvalue weighted by Gasteiger charge is -2.18. The van der Waals surface area contributed by atoms with Crippen LogP contribution in [0.4, 0.5) is 0 Å². The van der Waals surface area contributed by atoms with E-state index in [4.69, 9.17) is 4.74 Å². The van der Waals surface area contributed by atoms with Gasteiger partial charge in [0.2, 0.25) is 5.78 Å². The van der Waals surface area contributed by atoms with E-state index in [0.29, 0.717) is 17.1 Å². The van der Waals surface area contributed by atoms with E-state index in [-0.39, 0.29) is 5.78 Å². The molecule has 5 heteroatoms. The number of aliphatic hydroxyl groups is 1. The van der Waals surface area contributed by atoms with Gasteiger partial charge in [-0.15, -0.1) is 0 Å².